The summed E-state index contributed by atoms with van der Waals surface area (Å²) in [6, 6.07) is 12.6. The second kappa shape index (κ2) is 10.7. The van der Waals surface area contributed by atoms with E-state index in [9.17, 15) is 18.0 Å². The first-order valence-electron chi connectivity index (χ1n) is 9.91. The standard InChI is InChI=1S/C22H28ClN3O4S/c1-5-24-22(28)17(3)26(14-18-8-6-16(2)7-9-18)21(27)15-25(4)31(29,30)20-12-10-19(23)11-13-20/h6-13,17H,5,14-15H2,1-4H3,(H,24,28)/t17-/m0/s1. The average Bonchev–Trinajstić information content (AvgIpc) is 2.73. The van der Waals surface area contributed by atoms with Gasteiger partial charge in [0.25, 0.3) is 0 Å². The maximum Gasteiger partial charge on any atom is 0.243 e. The van der Waals surface area contributed by atoms with Crippen molar-refractivity contribution in [1.29, 1.82) is 0 Å². The highest BCUT2D eigenvalue weighted by Crippen LogP contribution is 2.18. The maximum absolute atomic E-state index is 13.1. The second-order valence-electron chi connectivity index (χ2n) is 7.29. The van der Waals surface area contributed by atoms with Gasteiger partial charge in [-0.15, -0.1) is 0 Å². The van der Waals surface area contributed by atoms with Gasteiger partial charge in [0.2, 0.25) is 21.8 Å². The highest BCUT2D eigenvalue weighted by Gasteiger charge is 2.30. The van der Waals surface area contributed by atoms with Crippen LogP contribution in [-0.4, -0.2) is 55.6 Å². The fourth-order valence-electron chi connectivity index (χ4n) is 2.95. The van der Waals surface area contributed by atoms with Gasteiger partial charge in [-0.25, -0.2) is 8.42 Å². The molecule has 0 aliphatic carbocycles. The molecule has 1 atom stereocenters. The quantitative estimate of drug-likeness (QED) is 0.617. The zero-order valence-electron chi connectivity index (χ0n) is 18.1. The van der Waals surface area contributed by atoms with E-state index in [1.165, 1.54) is 36.2 Å². The van der Waals surface area contributed by atoms with E-state index >= 15 is 0 Å². The lowest BCUT2D eigenvalue weighted by Crippen LogP contribution is -2.50. The minimum Gasteiger partial charge on any atom is -0.355 e. The zero-order chi connectivity index (χ0) is 23.2. The Labute approximate surface area is 189 Å². The second-order valence-corrected chi connectivity index (χ2v) is 9.77. The van der Waals surface area contributed by atoms with Crippen molar-refractivity contribution in [2.24, 2.45) is 0 Å². The van der Waals surface area contributed by atoms with E-state index in [4.69, 9.17) is 11.6 Å². The predicted molar refractivity (Wildman–Crippen MR) is 121 cm³/mol. The van der Waals surface area contributed by atoms with Crippen LogP contribution in [0.25, 0.3) is 0 Å². The molecule has 2 rings (SSSR count). The van der Waals surface area contributed by atoms with Gasteiger partial charge in [0.05, 0.1) is 11.4 Å². The van der Waals surface area contributed by atoms with Gasteiger partial charge in [-0.3, -0.25) is 9.59 Å². The van der Waals surface area contributed by atoms with E-state index in [0.717, 1.165) is 15.4 Å². The van der Waals surface area contributed by atoms with E-state index in [1.54, 1.807) is 13.8 Å². The first-order chi connectivity index (χ1) is 14.6. The Hall–Kier alpha value is -2.42. The Balaban J connectivity index is 2.25. The molecule has 0 heterocycles. The smallest absolute Gasteiger partial charge is 0.243 e. The molecule has 2 amide bonds. The highest BCUT2D eigenvalue weighted by molar-refractivity contribution is 7.89. The minimum absolute atomic E-state index is 0.0362. The van der Waals surface area contributed by atoms with Crippen molar-refractivity contribution in [3.05, 3.63) is 64.7 Å². The molecule has 2 aromatic carbocycles. The average molecular weight is 466 g/mol. The molecule has 1 N–H and O–H groups in total. The third kappa shape index (κ3) is 6.53. The van der Waals surface area contributed by atoms with Crippen LogP contribution in [0.5, 0.6) is 0 Å². The van der Waals surface area contributed by atoms with Crippen LogP contribution in [0, 0.1) is 6.92 Å². The third-order valence-corrected chi connectivity index (χ3v) is 6.94. The molecule has 0 aromatic heterocycles. The van der Waals surface area contributed by atoms with Crippen LogP contribution in [0.15, 0.2) is 53.4 Å². The van der Waals surface area contributed by atoms with Crippen LogP contribution in [0.1, 0.15) is 25.0 Å². The molecule has 0 saturated heterocycles. The Morgan fingerprint density at radius 2 is 1.65 bits per heavy atom. The molecular formula is C22H28ClN3O4S. The molecule has 0 fully saturated rings. The van der Waals surface area contributed by atoms with Gasteiger partial charge in [-0.1, -0.05) is 41.4 Å². The normalized spacial score (nSPS) is 12.5. The van der Waals surface area contributed by atoms with Crippen molar-refractivity contribution in [3.63, 3.8) is 0 Å². The van der Waals surface area contributed by atoms with Gasteiger partial charge >= 0.3 is 0 Å². The molecule has 0 radical (unpaired) electrons. The lowest BCUT2D eigenvalue weighted by atomic mass is 10.1. The van der Waals surface area contributed by atoms with Gasteiger partial charge in [0, 0.05) is 25.2 Å². The van der Waals surface area contributed by atoms with Crippen molar-refractivity contribution < 1.29 is 18.0 Å². The van der Waals surface area contributed by atoms with Crippen molar-refractivity contribution >= 4 is 33.4 Å². The summed E-state index contributed by atoms with van der Waals surface area (Å²) in [5.74, 6) is -0.773. The number of nitrogens with one attached hydrogen (secondary N) is 1. The Bertz CT molecular complexity index is 1010. The van der Waals surface area contributed by atoms with Crippen LogP contribution < -0.4 is 5.32 Å². The number of carbonyl (C=O) groups is 2. The van der Waals surface area contributed by atoms with Crippen LogP contribution >= 0.6 is 11.6 Å². The van der Waals surface area contributed by atoms with Gasteiger partial charge < -0.3 is 10.2 Å². The lowest BCUT2D eigenvalue weighted by molar-refractivity contribution is -0.140. The summed E-state index contributed by atoms with van der Waals surface area (Å²) in [4.78, 5) is 27.0. The molecule has 0 saturated carbocycles. The Morgan fingerprint density at radius 3 is 2.19 bits per heavy atom. The Kier molecular flexibility index (Phi) is 8.61. The molecule has 0 bridgehead atoms. The molecular weight excluding hydrogens is 438 g/mol. The fourth-order valence-corrected chi connectivity index (χ4v) is 4.19. The summed E-state index contributed by atoms with van der Waals surface area (Å²) in [6.07, 6.45) is 0. The van der Waals surface area contributed by atoms with Crippen LogP contribution in [-0.2, 0) is 26.2 Å². The van der Waals surface area contributed by atoms with Crippen molar-refractivity contribution in [2.75, 3.05) is 20.1 Å². The summed E-state index contributed by atoms with van der Waals surface area (Å²) in [7, 11) is -2.56. The number of nitrogens with zero attached hydrogens (tertiary/aromatic N) is 2. The molecule has 7 nitrogen and oxygen atoms in total. The van der Waals surface area contributed by atoms with Crippen LogP contribution in [0.4, 0.5) is 0 Å². The summed E-state index contributed by atoms with van der Waals surface area (Å²) in [5, 5.41) is 3.13. The monoisotopic (exact) mass is 465 g/mol. The number of aryl methyl sites for hydroxylation is 1. The number of carbonyl (C=O) groups excluding carboxylic acids is 2. The van der Waals surface area contributed by atoms with E-state index in [2.05, 4.69) is 5.32 Å². The number of hydrogen-bond acceptors (Lipinski definition) is 4. The van der Waals surface area contributed by atoms with Crippen LogP contribution in [0.3, 0.4) is 0 Å². The maximum atomic E-state index is 13.1. The lowest BCUT2D eigenvalue weighted by Gasteiger charge is -2.30. The molecule has 31 heavy (non-hydrogen) atoms. The van der Waals surface area contributed by atoms with Gasteiger partial charge in [-0.2, -0.15) is 4.31 Å². The zero-order valence-corrected chi connectivity index (χ0v) is 19.7. The summed E-state index contributed by atoms with van der Waals surface area (Å²) in [6.45, 7) is 5.60. The highest BCUT2D eigenvalue weighted by atomic mass is 35.5. The minimum atomic E-state index is -3.89. The first kappa shape index (κ1) is 24.8. The SMILES string of the molecule is CCNC(=O)[C@H](C)N(Cc1ccc(C)cc1)C(=O)CN(C)S(=O)(=O)c1ccc(Cl)cc1. The molecule has 0 aliphatic rings. The molecule has 0 spiro atoms. The largest absolute Gasteiger partial charge is 0.355 e. The molecule has 0 unspecified atom stereocenters. The summed E-state index contributed by atoms with van der Waals surface area (Å²) in [5.41, 5.74) is 1.92. The number of benzene rings is 2. The topological polar surface area (TPSA) is 86.8 Å². The van der Waals surface area contributed by atoms with E-state index in [1.807, 2.05) is 31.2 Å². The number of likely N-dealkylation sites (N-methyl/N-ethyl adjacent to an activating group) is 2. The Morgan fingerprint density at radius 1 is 1.06 bits per heavy atom. The van der Waals surface area contributed by atoms with E-state index < -0.39 is 28.5 Å². The predicted octanol–water partition coefficient (Wildman–Crippen LogP) is 2.82. The first-order valence-corrected chi connectivity index (χ1v) is 11.7. The molecule has 0 aliphatic heterocycles. The number of sulfonamides is 1. The fraction of sp³-hybridized carbons (Fsp3) is 0.364. The molecule has 168 valence electrons. The van der Waals surface area contributed by atoms with Crippen molar-refractivity contribution in [3.8, 4) is 0 Å². The van der Waals surface area contributed by atoms with E-state index in [0.29, 0.717) is 11.6 Å². The molecule has 2 aromatic rings. The van der Waals surface area contributed by atoms with Gasteiger partial charge in [-0.05, 0) is 50.6 Å². The summed E-state index contributed by atoms with van der Waals surface area (Å²) < 4.78 is 26.7. The number of hydrogen-bond donors (Lipinski definition) is 1. The van der Waals surface area contributed by atoms with Gasteiger partial charge in [0.1, 0.15) is 6.04 Å². The van der Waals surface area contributed by atoms with Crippen molar-refractivity contribution in [2.45, 2.75) is 38.3 Å². The number of halogens is 1. The van der Waals surface area contributed by atoms with Crippen LogP contribution in [0.2, 0.25) is 5.02 Å². The summed E-state index contributed by atoms with van der Waals surface area (Å²) >= 11 is 5.84. The van der Waals surface area contributed by atoms with Gasteiger partial charge in [0.15, 0.2) is 0 Å². The number of rotatable bonds is 9. The number of amides is 2. The van der Waals surface area contributed by atoms with Crippen molar-refractivity contribution in [1.82, 2.24) is 14.5 Å². The third-order valence-electron chi connectivity index (χ3n) is 4.87. The van der Waals surface area contributed by atoms with E-state index in [-0.39, 0.29) is 17.3 Å². The molecule has 9 heteroatoms.